The average molecular weight is 366 g/mol. The van der Waals surface area contributed by atoms with Crippen LogP contribution in [0.5, 0.6) is 0 Å². The molecule has 0 saturated carbocycles. The summed E-state index contributed by atoms with van der Waals surface area (Å²) >= 11 is 0. The number of hydrogen-bond acceptors (Lipinski definition) is 4. The number of nitrogens with zero attached hydrogens (tertiary/aromatic N) is 2. The SMILES string of the molecule is Cc1ccc(CC(=O)N2CC3(C2)OCC[C@@H]3COCc2ccccn2)cc1. The van der Waals surface area contributed by atoms with Crippen molar-refractivity contribution in [2.75, 3.05) is 26.3 Å². The maximum atomic E-state index is 12.6. The fourth-order valence-corrected chi connectivity index (χ4v) is 3.93. The van der Waals surface area contributed by atoms with Crippen LogP contribution in [0.15, 0.2) is 48.7 Å². The molecule has 142 valence electrons. The Balaban J connectivity index is 1.27. The van der Waals surface area contributed by atoms with Gasteiger partial charge in [0.05, 0.1) is 38.4 Å². The number of pyridine rings is 1. The average Bonchev–Trinajstić information content (AvgIpc) is 3.07. The van der Waals surface area contributed by atoms with Crippen molar-refractivity contribution in [1.29, 1.82) is 0 Å². The van der Waals surface area contributed by atoms with Gasteiger partial charge in [0.25, 0.3) is 0 Å². The van der Waals surface area contributed by atoms with Crippen molar-refractivity contribution in [2.24, 2.45) is 5.92 Å². The zero-order chi connectivity index (χ0) is 18.7. The molecule has 0 N–H and O–H groups in total. The van der Waals surface area contributed by atoms with Crippen molar-refractivity contribution in [3.63, 3.8) is 0 Å². The molecule has 2 aromatic rings. The molecule has 5 heteroatoms. The summed E-state index contributed by atoms with van der Waals surface area (Å²) in [5, 5.41) is 0. The smallest absolute Gasteiger partial charge is 0.227 e. The van der Waals surface area contributed by atoms with Crippen LogP contribution in [-0.4, -0.2) is 47.7 Å². The molecule has 1 aromatic heterocycles. The molecule has 5 nitrogen and oxygen atoms in total. The number of carbonyl (C=O) groups is 1. The van der Waals surface area contributed by atoms with E-state index >= 15 is 0 Å². The van der Waals surface area contributed by atoms with E-state index in [0.29, 0.717) is 38.6 Å². The number of benzene rings is 1. The number of aryl methyl sites for hydroxylation is 1. The predicted molar refractivity (Wildman–Crippen MR) is 102 cm³/mol. The van der Waals surface area contributed by atoms with E-state index in [4.69, 9.17) is 9.47 Å². The number of rotatable bonds is 6. The molecular formula is C22H26N2O3. The van der Waals surface area contributed by atoms with Gasteiger partial charge in [0, 0.05) is 18.7 Å². The van der Waals surface area contributed by atoms with Crippen LogP contribution >= 0.6 is 0 Å². The van der Waals surface area contributed by atoms with Gasteiger partial charge in [-0.25, -0.2) is 0 Å². The Morgan fingerprint density at radius 1 is 1.26 bits per heavy atom. The van der Waals surface area contributed by atoms with Crippen LogP contribution in [0.25, 0.3) is 0 Å². The molecule has 27 heavy (non-hydrogen) atoms. The Morgan fingerprint density at radius 3 is 2.81 bits per heavy atom. The monoisotopic (exact) mass is 366 g/mol. The Kier molecular flexibility index (Phi) is 5.23. The Morgan fingerprint density at radius 2 is 2.07 bits per heavy atom. The minimum absolute atomic E-state index is 0.174. The minimum Gasteiger partial charge on any atom is -0.375 e. The zero-order valence-electron chi connectivity index (χ0n) is 15.8. The van der Waals surface area contributed by atoms with Gasteiger partial charge in [0.15, 0.2) is 0 Å². The molecule has 1 amide bonds. The quantitative estimate of drug-likeness (QED) is 0.789. The molecule has 2 fully saturated rings. The van der Waals surface area contributed by atoms with Gasteiger partial charge >= 0.3 is 0 Å². The first-order valence-electron chi connectivity index (χ1n) is 9.60. The van der Waals surface area contributed by atoms with Crippen LogP contribution in [-0.2, 0) is 27.3 Å². The molecule has 1 aromatic carbocycles. The Labute approximate surface area is 160 Å². The lowest BCUT2D eigenvalue weighted by Gasteiger charge is -2.50. The van der Waals surface area contributed by atoms with Crippen LogP contribution in [0.2, 0.25) is 0 Å². The molecule has 4 rings (SSSR count). The maximum Gasteiger partial charge on any atom is 0.227 e. The lowest BCUT2D eigenvalue weighted by Crippen LogP contribution is -2.66. The van der Waals surface area contributed by atoms with Gasteiger partial charge in [-0.3, -0.25) is 9.78 Å². The first-order valence-corrected chi connectivity index (χ1v) is 9.60. The van der Waals surface area contributed by atoms with E-state index < -0.39 is 0 Å². The standard InChI is InChI=1S/C22H26N2O3/c1-17-5-7-18(8-6-17)12-21(25)24-15-22(16-24)19(9-11-27-22)13-26-14-20-4-2-3-10-23-20/h2-8,10,19H,9,11-16H2,1H3/t19-/m1/s1. The summed E-state index contributed by atoms with van der Waals surface area (Å²) in [5.41, 5.74) is 3.00. The summed E-state index contributed by atoms with van der Waals surface area (Å²) in [6.45, 7) is 5.32. The summed E-state index contributed by atoms with van der Waals surface area (Å²) in [7, 11) is 0. The van der Waals surface area contributed by atoms with Crippen molar-refractivity contribution < 1.29 is 14.3 Å². The summed E-state index contributed by atoms with van der Waals surface area (Å²) < 4.78 is 11.9. The molecule has 1 spiro atoms. The van der Waals surface area contributed by atoms with Crippen LogP contribution < -0.4 is 0 Å². The van der Waals surface area contributed by atoms with Gasteiger partial charge in [-0.15, -0.1) is 0 Å². The van der Waals surface area contributed by atoms with Crippen molar-refractivity contribution in [3.05, 3.63) is 65.5 Å². The van der Waals surface area contributed by atoms with E-state index in [1.165, 1.54) is 5.56 Å². The number of hydrogen-bond donors (Lipinski definition) is 0. The lowest BCUT2D eigenvalue weighted by molar-refractivity contribution is -0.168. The lowest BCUT2D eigenvalue weighted by atomic mass is 9.81. The molecule has 0 aliphatic carbocycles. The normalized spacial score (nSPS) is 20.6. The van der Waals surface area contributed by atoms with Crippen LogP contribution in [0.3, 0.4) is 0 Å². The Bertz CT molecular complexity index is 770. The van der Waals surface area contributed by atoms with Gasteiger partial charge in [-0.2, -0.15) is 0 Å². The predicted octanol–water partition coefficient (Wildman–Crippen LogP) is 2.77. The van der Waals surface area contributed by atoms with E-state index in [2.05, 4.69) is 24.0 Å². The van der Waals surface area contributed by atoms with Crippen molar-refractivity contribution >= 4 is 5.91 Å². The molecule has 2 aliphatic heterocycles. The highest BCUT2D eigenvalue weighted by Crippen LogP contribution is 2.40. The largest absolute Gasteiger partial charge is 0.375 e. The van der Waals surface area contributed by atoms with Gasteiger partial charge < -0.3 is 14.4 Å². The number of likely N-dealkylation sites (tertiary alicyclic amines) is 1. The second-order valence-electron chi connectivity index (χ2n) is 7.65. The highest BCUT2D eigenvalue weighted by molar-refractivity contribution is 5.80. The van der Waals surface area contributed by atoms with E-state index in [0.717, 1.165) is 24.3 Å². The first-order chi connectivity index (χ1) is 13.1. The van der Waals surface area contributed by atoms with Gasteiger partial charge in [-0.1, -0.05) is 35.9 Å². The van der Waals surface area contributed by atoms with Crippen molar-refractivity contribution in [1.82, 2.24) is 9.88 Å². The molecule has 2 saturated heterocycles. The molecule has 1 atom stereocenters. The zero-order valence-corrected chi connectivity index (χ0v) is 15.8. The molecule has 0 unspecified atom stereocenters. The third kappa shape index (κ3) is 4.04. The van der Waals surface area contributed by atoms with Crippen LogP contribution in [0.1, 0.15) is 23.2 Å². The van der Waals surface area contributed by atoms with Crippen molar-refractivity contribution in [3.8, 4) is 0 Å². The van der Waals surface area contributed by atoms with Gasteiger partial charge in [-0.05, 0) is 31.0 Å². The fraction of sp³-hybridized carbons (Fsp3) is 0.455. The number of ether oxygens (including phenoxy) is 2. The summed E-state index contributed by atoms with van der Waals surface area (Å²) in [4.78, 5) is 18.8. The second-order valence-corrected chi connectivity index (χ2v) is 7.65. The number of aromatic nitrogens is 1. The molecule has 0 bridgehead atoms. The summed E-state index contributed by atoms with van der Waals surface area (Å²) in [5.74, 6) is 0.512. The highest BCUT2D eigenvalue weighted by atomic mass is 16.5. The third-order valence-electron chi connectivity index (χ3n) is 5.64. The second kappa shape index (κ2) is 7.79. The number of carbonyl (C=O) groups excluding carboxylic acids is 1. The fourth-order valence-electron chi connectivity index (χ4n) is 3.93. The highest BCUT2D eigenvalue weighted by Gasteiger charge is 2.54. The molecule has 3 heterocycles. The van der Waals surface area contributed by atoms with Crippen molar-refractivity contribution in [2.45, 2.75) is 32.0 Å². The van der Waals surface area contributed by atoms with E-state index in [1.54, 1.807) is 6.20 Å². The summed E-state index contributed by atoms with van der Waals surface area (Å²) in [6, 6.07) is 14.0. The molecule has 0 radical (unpaired) electrons. The topological polar surface area (TPSA) is 51.7 Å². The van der Waals surface area contributed by atoms with Crippen LogP contribution in [0, 0.1) is 12.8 Å². The third-order valence-corrected chi connectivity index (χ3v) is 5.64. The van der Waals surface area contributed by atoms with E-state index in [1.807, 2.05) is 35.2 Å². The van der Waals surface area contributed by atoms with Gasteiger partial charge in [0.1, 0.15) is 5.60 Å². The van der Waals surface area contributed by atoms with E-state index in [-0.39, 0.29) is 11.5 Å². The Hall–Kier alpha value is -2.24. The number of amides is 1. The van der Waals surface area contributed by atoms with Gasteiger partial charge in [0.2, 0.25) is 5.91 Å². The minimum atomic E-state index is -0.215. The van der Waals surface area contributed by atoms with Crippen LogP contribution in [0.4, 0.5) is 0 Å². The summed E-state index contributed by atoms with van der Waals surface area (Å²) in [6.07, 6.45) is 3.22. The maximum absolute atomic E-state index is 12.6. The van der Waals surface area contributed by atoms with E-state index in [9.17, 15) is 4.79 Å². The molecule has 2 aliphatic rings. The molecular weight excluding hydrogens is 340 g/mol. The first kappa shape index (κ1) is 18.1.